The van der Waals surface area contributed by atoms with Gasteiger partial charge in [0.1, 0.15) is 0 Å². The Balaban J connectivity index is 2.36. The van der Waals surface area contributed by atoms with Crippen LogP contribution < -0.4 is 0 Å². The SMILES string of the molecule is CC[C@@H]1CN(CC(C)C)CC[C@H]1O. The molecule has 1 fully saturated rings. The van der Waals surface area contributed by atoms with Crippen LogP contribution in [0.4, 0.5) is 0 Å². The molecule has 0 aromatic rings. The van der Waals surface area contributed by atoms with Crippen molar-refractivity contribution in [2.45, 2.75) is 39.7 Å². The van der Waals surface area contributed by atoms with Gasteiger partial charge in [0.2, 0.25) is 0 Å². The maximum atomic E-state index is 9.69. The van der Waals surface area contributed by atoms with E-state index in [9.17, 15) is 5.11 Å². The van der Waals surface area contributed by atoms with Gasteiger partial charge >= 0.3 is 0 Å². The molecule has 0 bridgehead atoms. The van der Waals surface area contributed by atoms with Gasteiger partial charge in [0.25, 0.3) is 0 Å². The van der Waals surface area contributed by atoms with Crippen molar-refractivity contribution in [1.29, 1.82) is 0 Å². The summed E-state index contributed by atoms with van der Waals surface area (Å²) in [4.78, 5) is 2.49. The molecule has 1 aliphatic heterocycles. The van der Waals surface area contributed by atoms with E-state index in [1.54, 1.807) is 0 Å². The van der Waals surface area contributed by atoms with Gasteiger partial charge in [0.05, 0.1) is 6.10 Å². The van der Waals surface area contributed by atoms with Crippen LogP contribution in [0.1, 0.15) is 33.6 Å². The van der Waals surface area contributed by atoms with Crippen molar-refractivity contribution in [3.8, 4) is 0 Å². The zero-order chi connectivity index (χ0) is 9.84. The second-order valence-corrected chi connectivity index (χ2v) is 4.68. The lowest BCUT2D eigenvalue weighted by molar-refractivity contribution is 0.0212. The average Bonchev–Trinajstić information content (AvgIpc) is 2.07. The molecule has 1 N–H and O–H groups in total. The number of nitrogens with zero attached hydrogens (tertiary/aromatic N) is 1. The molecule has 13 heavy (non-hydrogen) atoms. The molecule has 2 heteroatoms. The Morgan fingerprint density at radius 3 is 2.69 bits per heavy atom. The van der Waals surface area contributed by atoms with Crippen molar-refractivity contribution in [1.82, 2.24) is 4.90 Å². The highest BCUT2D eigenvalue weighted by atomic mass is 16.3. The number of likely N-dealkylation sites (tertiary alicyclic amines) is 1. The molecule has 78 valence electrons. The second kappa shape index (κ2) is 4.97. The number of piperidine rings is 1. The summed E-state index contributed by atoms with van der Waals surface area (Å²) in [7, 11) is 0. The van der Waals surface area contributed by atoms with Gasteiger partial charge in [0.15, 0.2) is 0 Å². The lowest BCUT2D eigenvalue weighted by atomic mass is 9.92. The van der Waals surface area contributed by atoms with E-state index in [1.807, 2.05) is 0 Å². The molecule has 1 aliphatic rings. The average molecular weight is 185 g/mol. The van der Waals surface area contributed by atoms with E-state index in [0.717, 1.165) is 31.8 Å². The minimum absolute atomic E-state index is 0.0478. The Bertz CT molecular complexity index is 147. The van der Waals surface area contributed by atoms with Crippen LogP contribution >= 0.6 is 0 Å². The zero-order valence-corrected chi connectivity index (χ0v) is 9.16. The molecule has 0 saturated carbocycles. The molecule has 0 aliphatic carbocycles. The predicted molar refractivity (Wildman–Crippen MR) is 55.7 cm³/mol. The largest absolute Gasteiger partial charge is 0.393 e. The topological polar surface area (TPSA) is 23.5 Å². The summed E-state index contributed by atoms with van der Waals surface area (Å²) in [5.74, 6) is 1.25. The Hall–Kier alpha value is -0.0800. The molecule has 0 aromatic heterocycles. The van der Waals surface area contributed by atoms with Crippen LogP contribution in [-0.2, 0) is 0 Å². The van der Waals surface area contributed by atoms with E-state index in [-0.39, 0.29) is 6.10 Å². The van der Waals surface area contributed by atoms with Crippen LogP contribution in [0.25, 0.3) is 0 Å². The monoisotopic (exact) mass is 185 g/mol. The second-order valence-electron chi connectivity index (χ2n) is 4.68. The van der Waals surface area contributed by atoms with Gasteiger partial charge in [-0.2, -0.15) is 0 Å². The Morgan fingerprint density at radius 1 is 1.46 bits per heavy atom. The fraction of sp³-hybridized carbons (Fsp3) is 1.00. The van der Waals surface area contributed by atoms with Crippen LogP contribution in [0.5, 0.6) is 0 Å². The number of hydrogen-bond donors (Lipinski definition) is 1. The van der Waals surface area contributed by atoms with Crippen LogP contribution in [0.3, 0.4) is 0 Å². The summed E-state index contributed by atoms with van der Waals surface area (Å²) in [6.07, 6.45) is 2.02. The Labute approximate surface area is 81.9 Å². The van der Waals surface area contributed by atoms with Gasteiger partial charge in [-0.05, 0) is 24.7 Å². The predicted octanol–water partition coefficient (Wildman–Crippen LogP) is 1.74. The first kappa shape index (κ1) is 11.0. The maximum Gasteiger partial charge on any atom is 0.0592 e. The van der Waals surface area contributed by atoms with Crippen LogP contribution in [-0.4, -0.2) is 35.7 Å². The molecule has 1 heterocycles. The molecule has 1 saturated heterocycles. The summed E-state index contributed by atoms with van der Waals surface area (Å²) in [6.45, 7) is 10.0. The number of aliphatic hydroxyl groups is 1. The highest BCUT2D eigenvalue weighted by Gasteiger charge is 2.26. The van der Waals surface area contributed by atoms with Crippen LogP contribution in [0.15, 0.2) is 0 Å². The Morgan fingerprint density at radius 2 is 2.15 bits per heavy atom. The number of aliphatic hydroxyl groups excluding tert-OH is 1. The third-order valence-corrected chi connectivity index (χ3v) is 2.93. The standard InChI is InChI=1S/C11H23NO/c1-4-10-8-12(7-9(2)3)6-5-11(10)13/h9-11,13H,4-8H2,1-3H3/t10-,11-/m1/s1. The lowest BCUT2D eigenvalue weighted by Gasteiger charge is -2.36. The molecular formula is C11H23NO. The van der Waals surface area contributed by atoms with E-state index in [2.05, 4.69) is 25.7 Å². The van der Waals surface area contributed by atoms with Crippen LogP contribution in [0.2, 0.25) is 0 Å². The van der Waals surface area contributed by atoms with Crippen molar-refractivity contribution in [3.05, 3.63) is 0 Å². The molecule has 0 aromatic carbocycles. The van der Waals surface area contributed by atoms with Crippen molar-refractivity contribution >= 4 is 0 Å². The van der Waals surface area contributed by atoms with Gasteiger partial charge in [-0.15, -0.1) is 0 Å². The summed E-state index contributed by atoms with van der Waals surface area (Å²) in [5.41, 5.74) is 0. The summed E-state index contributed by atoms with van der Waals surface area (Å²) in [6, 6.07) is 0. The van der Waals surface area contributed by atoms with Gasteiger partial charge in [-0.3, -0.25) is 0 Å². The third-order valence-electron chi connectivity index (χ3n) is 2.93. The molecule has 2 atom stereocenters. The summed E-state index contributed by atoms with van der Waals surface area (Å²) >= 11 is 0. The molecule has 0 spiro atoms. The van der Waals surface area contributed by atoms with Crippen molar-refractivity contribution in [2.24, 2.45) is 11.8 Å². The molecule has 0 unspecified atom stereocenters. The highest BCUT2D eigenvalue weighted by Crippen LogP contribution is 2.20. The molecule has 0 amide bonds. The lowest BCUT2D eigenvalue weighted by Crippen LogP contribution is -2.44. The summed E-state index contributed by atoms with van der Waals surface area (Å²) < 4.78 is 0. The van der Waals surface area contributed by atoms with E-state index in [0.29, 0.717) is 5.92 Å². The molecule has 1 rings (SSSR count). The number of hydrogen-bond acceptors (Lipinski definition) is 2. The van der Waals surface area contributed by atoms with E-state index >= 15 is 0 Å². The normalized spacial score (nSPS) is 31.2. The van der Waals surface area contributed by atoms with E-state index in [1.165, 1.54) is 6.54 Å². The smallest absolute Gasteiger partial charge is 0.0592 e. The maximum absolute atomic E-state index is 9.69. The van der Waals surface area contributed by atoms with Crippen molar-refractivity contribution in [3.63, 3.8) is 0 Å². The van der Waals surface area contributed by atoms with Gasteiger partial charge in [-0.1, -0.05) is 20.8 Å². The van der Waals surface area contributed by atoms with Gasteiger partial charge < -0.3 is 10.0 Å². The molecular weight excluding hydrogens is 162 g/mol. The van der Waals surface area contributed by atoms with E-state index in [4.69, 9.17) is 0 Å². The third kappa shape index (κ3) is 3.28. The number of rotatable bonds is 3. The minimum atomic E-state index is -0.0478. The van der Waals surface area contributed by atoms with E-state index < -0.39 is 0 Å². The first-order chi connectivity index (χ1) is 6.13. The zero-order valence-electron chi connectivity index (χ0n) is 9.16. The first-order valence-corrected chi connectivity index (χ1v) is 5.54. The molecule has 2 nitrogen and oxygen atoms in total. The quantitative estimate of drug-likeness (QED) is 0.724. The van der Waals surface area contributed by atoms with Crippen molar-refractivity contribution < 1.29 is 5.11 Å². The highest BCUT2D eigenvalue weighted by molar-refractivity contribution is 4.79. The first-order valence-electron chi connectivity index (χ1n) is 5.54. The summed E-state index contributed by atoms with van der Waals surface area (Å²) in [5, 5.41) is 9.69. The van der Waals surface area contributed by atoms with Crippen LogP contribution in [0, 0.1) is 11.8 Å². The Kier molecular flexibility index (Phi) is 4.20. The minimum Gasteiger partial charge on any atom is -0.393 e. The van der Waals surface area contributed by atoms with Gasteiger partial charge in [0, 0.05) is 19.6 Å². The fourth-order valence-electron chi connectivity index (χ4n) is 2.18. The fourth-order valence-corrected chi connectivity index (χ4v) is 2.18. The van der Waals surface area contributed by atoms with Gasteiger partial charge in [-0.25, -0.2) is 0 Å². The molecule has 0 radical (unpaired) electrons. The van der Waals surface area contributed by atoms with Crippen molar-refractivity contribution in [2.75, 3.05) is 19.6 Å².